The Balaban J connectivity index is 1.23. The average Bonchev–Trinajstić information content (AvgIpc) is 3.27. The number of amidine groups is 1. The molecule has 5 rings (SSSR count). The Morgan fingerprint density at radius 3 is 2.81 bits per heavy atom. The molecular weight excluding hydrogens is 469 g/mol. The predicted molar refractivity (Wildman–Crippen MR) is 142 cm³/mol. The second-order valence-electron chi connectivity index (χ2n) is 9.96. The molecule has 37 heavy (non-hydrogen) atoms. The zero-order valence-electron chi connectivity index (χ0n) is 20.8. The van der Waals surface area contributed by atoms with Gasteiger partial charge in [0.25, 0.3) is 0 Å². The number of benzene rings is 2. The first-order valence-corrected chi connectivity index (χ1v) is 13.1. The highest BCUT2D eigenvalue weighted by Crippen LogP contribution is 2.35. The molecule has 2 aromatic carbocycles. The highest BCUT2D eigenvalue weighted by Gasteiger charge is 2.37. The van der Waals surface area contributed by atoms with Crippen LogP contribution in [-0.2, 0) is 9.59 Å². The van der Waals surface area contributed by atoms with Gasteiger partial charge in [-0.05, 0) is 42.9 Å². The summed E-state index contributed by atoms with van der Waals surface area (Å²) in [5.74, 6) is -0.643. The van der Waals surface area contributed by atoms with Crippen molar-refractivity contribution in [2.24, 2.45) is 10.9 Å². The molecule has 7 heteroatoms. The fourth-order valence-corrected chi connectivity index (χ4v) is 5.56. The zero-order valence-corrected chi connectivity index (χ0v) is 20.8. The summed E-state index contributed by atoms with van der Waals surface area (Å²) in [7, 11) is 0. The van der Waals surface area contributed by atoms with Crippen molar-refractivity contribution in [1.29, 1.82) is 0 Å². The van der Waals surface area contributed by atoms with Gasteiger partial charge >= 0.3 is 5.97 Å². The number of likely N-dealkylation sites (tertiary alicyclic amines) is 1. The van der Waals surface area contributed by atoms with Gasteiger partial charge in [0.05, 0.1) is 12.5 Å². The fraction of sp³-hybridized carbons (Fsp3) is 0.367. The fourth-order valence-electron chi connectivity index (χ4n) is 5.56. The molecular formula is C30H32FN3O3. The molecule has 3 unspecified atom stereocenters. The van der Waals surface area contributed by atoms with Gasteiger partial charge in [0.2, 0.25) is 5.91 Å². The maximum Gasteiger partial charge on any atom is 0.305 e. The van der Waals surface area contributed by atoms with E-state index in [-0.39, 0.29) is 24.3 Å². The Bertz CT molecular complexity index is 1250. The van der Waals surface area contributed by atoms with Crippen molar-refractivity contribution >= 4 is 17.7 Å². The van der Waals surface area contributed by atoms with Crippen LogP contribution < -0.4 is 5.32 Å². The molecule has 1 amide bonds. The van der Waals surface area contributed by atoms with Gasteiger partial charge in [-0.2, -0.15) is 0 Å². The maximum absolute atomic E-state index is 15.1. The van der Waals surface area contributed by atoms with Crippen LogP contribution in [0.2, 0.25) is 0 Å². The van der Waals surface area contributed by atoms with Gasteiger partial charge in [-0.25, -0.2) is 4.39 Å². The lowest BCUT2D eigenvalue weighted by molar-refractivity contribution is -0.140. The molecule has 0 aliphatic carbocycles. The number of dihydropyridines is 1. The van der Waals surface area contributed by atoms with E-state index in [2.05, 4.69) is 28.5 Å². The van der Waals surface area contributed by atoms with E-state index in [0.717, 1.165) is 49.2 Å². The Labute approximate surface area is 216 Å². The summed E-state index contributed by atoms with van der Waals surface area (Å²) in [6.07, 6.45) is 10.4. The lowest BCUT2D eigenvalue weighted by atomic mass is 9.95. The molecule has 0 aromatic heterocycles. The molecule has 0 saturated carbocycles. The monoisotopic (exact) mass is 501 g/mol. The number of carbonyl (C=O) groups excluding carboxylic acids is 1. The molecule has 3 atom stereocenters. The van der Waals surface area contributed by atoms with Crippen LogP contribution in [0, 0.1) is 11.7 Å². The molecule has 6 nitrogen and oxygen atoms in total. The van der Waals surface area contributed by atoms with Crippen LogP contribution >= 0.6 is 0 Å². The van der Waals surface area contributed by atoms with Crippen molar-refractivity contribution in [3.8, 4) is 11.1 Å². The van der Waals surface area contributed by atoms with Gasteiger partial charge in [0, 0.05) is 36.2 Å². The molecule has 0 spiro atoms. The number of hydrogen-bond donors (Lipinski definition) is 2. The molecule has 3 aliphatic rings. The number of aliphatic carboxylic acids is 1. The Morgan fingerprint density at radius 2 is 2.03 bits per heavy atom. The number of carbonyl (C=O) groups is 2. The number of aliphatic imine (C=N–C) groups is 1. The minimum Gasteiger partial charge on any atom is -0.481 e. The number of nitrogens with zero attached hydrogens (tertiary/aromatic N) is 2. The molecule has 2 aromatic rings. The molecule has 2 N–H and O–H groups in total. The van der Waals surface area contributed by atoms with Gasteiger partial charge in [-0.1, -0.05) is 67.1 Å². The summed E-state index contributed by atoms with van der Waals surface area (Å²) in [4.78, 5) is 31.2. The van der Waals surface area contributed by atoms with Gasteiger partial charge in [0.15, 0.2) is 0 Å². The zero-order chi connectivity index (χ0) is 25.8. The summed E-state index contributed by atoms with van der Waals surface area (Å²) >= 11 is 0. The van der Waals surface area contributed by atoms with E-state index in [1.165, 1.54) is 6.07 Å². The van der Waals surface area contributed by atoms with Crippen LogP contribution in [0.5, 0.6) is 0 Å². The van der Waals surface area contributed by atoms with Crippen LogP contribution in [0.1, 0.15) is 50.1 Å². The minimum absolute atomic E-state index is 0.0344. The van der Waals surface area contributed by atoms with Gasteiger partial charge in [-0.15, -0.1) is 0 Å². The number of fused-ring (bicyclic) bond motifs is 1. The van der Waals surface area contributed by atoms with Crippen molar-refractivity contribution in [3.63, 3.8) is 0 Å². The number of nitrogens with one attached hydrogen (secondary N) is 1. The minimum atomic E-state index is -1.01. The van der Waals surface area contributed by atoms with Gasteiger partial charge in [0.1, 0.15) is 11.7 Å². The number of hydrogen-bond acceptors (Lipinski definition) is 4. The Morgan fingerprint density at radius 1 is 1.19 bits per heavy atom. The van der Waals surface area contributed by atoms with Crippen molar-refractivity contribution < 1.29 is 19.1 Å². The van der Waals surface area contributed by atoms with E-state index in [4.69, 9.17) is 0 Å². The van der Waals surface area contributed by atoms with Crippen molar-refractivity contribution in [1.82, 2.24) is 10.2 Å². The number of carboxylic acids is 1. The van der Waals surface area contributed by atoms with Gasteiger partial charge in [-0.3, -0.25) is 14.6 Å². The lowest BCUT2D eigenvalue weighted by Gasteiger charge is -2.28. The van der Waals surface area contributed by atoms with E-state index in [9.17, 15) is 14.7 Å². The standard InChI is InChI=1S/C30H32FN3O3/c31-26-18-23(12-14-25(26)20-6-2-1-3-7-20)27(19-28(35)36)34-17-15-22(30(34)37)8-4-10-24-13-11-21-9-5-16-32-29(21)33-24/h1-3,6-7,9,11-14,18,22,24,27H,4-5,8,10,15-17,19H2,(H,32,33)(H,35,36). The van der Waals surface area contributed by atoms with Crippen molar-refractivity contribution in [2.75, 3.05) is 13.1 Å². The quantitative estimate of drug-likeness (QED) is 0.490. The third kappa shape index (κ3) is 5.66. The molecule has 192 valence electrons. The average molecular weight is 502 g/mol. The highest BCUT2D eigenvalue weighted by molar-refractivity contribution is 6.02. The predicted octanol–water partition coefficient (Wildman–Crippen LogP) is 5.28. The van der Waals surface area contributed by atoms with E-state index in [1.807, 2.05) is 30.3 Å². The van der Waals surface area contributed by atoms with E-state index < -0.39 is 17.8 Å². The van der Waals surface area contributed by atoms with E-state index >= 15 is 4.39 Å². The van der Waals surface area contributed by atoms with E-state index in [1.54, 1.807) is 17.0 Å². The topological polar surface area (TPSA) is 82.0 Å². The SMILES string of the molecule is O=C(O)CC(c1ccc(-c2ccccc2)c(F)c1)N1CCC(CCCC2C=CC3=CCCN=C3N2)C1=O. The Kier molecular flexibility index (Phi) is 7.49. The third-order valence-electron chi connectivity index (χ3n) is 7.49. The maximum atomic E-state index is 15.1. The van der Waals surface area contributed by atoms with Crippen LogP contribution in [0.4, 0.5) is 4.39 Å². The van der Waals surface area contributed by atoms with Crippen LogP contribution in [0.3, 0.4) is 0 Å². The van der Waals surface area contributed by atoms with Crippen LogP contribution in [0.25, 0.3) is 11.1 Å². The molecule has 0 radical (unpaired) electrons. The number of carboxylic acid groups (broad SMARTS) is 1. The van der Waals surface area contributed by atoms with E-state index in [0.29, 0.717) is 24.1 Å². The molecule has 3 aliphatic heterocycles. The molecule has 0 bridgehead atoms. The first kappa shape index (κ1) is 24.9. The molecule has 1 saturated heterocycles. The number of amides is 1. The van der Waals surface area contributed by atoms with Gasteiger partial charge < -0.3 is 15.3 Å². The summed E-state index contributed by atoms with van der Waals surface area (Å²) in [6, 6.07) is 13.5. The van der Waals surface area contributed by atoms with Crippen LogP contribution in [-0.4, -0.2) is 46.8 Å². The second kappa shape index (κ2) is 11.1. The number of halogens is 1. The first-order chi connectivity index (χ1) is 18.0. The summed E-state index contributed by atoms with van der Waals surface area (Å²) < 4.78 is 15.1. The molecule has 3 heterocycles. The number of rotatable bonds is 9. The summed E-state index contributed by atoms with van der Waals surface area (Å²) in [6.45, 7) is 1.30. The van der Waals surface area contributed by atoms with Crippen molar-refractivity contribution in [3.05, 3.63) is 83.7 Å². The normalized spacial score (nSPS) is 21.6. The largest absolute Gasteiger partial charge is 0.481 e. The highest BCUT2D eigenvalue weighted by atomic mass is 19.1. The molecule has 1 fully saturated rings. The van der Waals surface area contributed by atoms with Crippen LogP contribution in [0.15, 0.2) is 77.3 Å². The second-order valence-corrected chi connectivity index (χ2v) is 9.96. The lowest BCUT2D eigenvalue weighted by Crippen LogP contribution is -2.38. The summed E-state index contributed by atoms with van der Waals surface area (Å²) in [5.41, 5.74) is 2.88. The smallest absolute Gasteiger partial charge is 0.305 e. The summed E-state index contributed by atoms with van der Waals surface area (Å²) in [5, 5.41) is 13.1. The van der Waals surface area contributed by atoms with Crippen molar-refractivity contribution in [2.45, 2.75) is 50.6 Å². The first-order valence-electron chi connectivity index (χ1n) is 13.1. The third-order valence-corrected chi connectivity index (χ3v) is 7.49. The Hall–Kier alpha value is -3.74.